The Hall–Kier alpha value is -2.61. The fourth-order valence-electron chi connectivity index (χ4n) is 3.54. The highest BCUT2D eigenvalue weighted by Gasteiger charge is 2.15. The van der Waals surface area contributed by atoms with Gasteiger partial charge in [-0.25, -0.2) is 9.97 Å². The van der Waals surface area contributed by atoms with E-state index in [2.05, 4.69) is 51.4 Å². The molecule has 156 valence electrons. The molecule has 30 heavy (non-hydrogen) atoms. The lowest BCUT2D eigenvalue weighted by Crippen LogP contribution is -2.43. The normalized spacial score (nSPS) is 15.3. The number of nitrogens with one attached hydrogen (secondary N) is 1. The first kappa shape index (κ1) is 20.7. The molecule has 1 aromatic carbocycles. The third-order valence-corrected chi connectivity index (χ3v) is 6.19. The van der Waals surface area contributed by atoms with Gasteiger partial charge in [-0.1, -0.05) is 18.2 Å². The van der Waals surface area contributed by atoms with Gasteiger partial charge in [-0.2, -0.15) is 0 Å². The molecule has 0 radical (unpaired) electrons. The minimum atomic E-state index is -0.103. The van der Waals surface area contributed by atoms with Crippen LogP contribution in [0.5, 0.6) is 0 Å². The SMILES string of the molecule is Cc1ccnc(NC(=O)Cc2csc(-c3cccc(CN4CCN(C)CC4)c3)n2)c1. The van der Waals surface area contributed by atoms with Crippen molar-refractivity contribution in [1.82, 2.24) is 19.8 Å². The summed E-state index contributed by atoms with van der Waals surface area (Å²) in [4.78, 5) is 26.1. The summed E-state index contributed by atoms with van der Waals surface area (Å²) in [7, 11) is 2.18. The number of thiazole rings is 1. The molecule has 1 N–H and O–H groups in total. The van der Waals surface area contributed by atoms with Gasteiger partial charge in [-0.3, -0.25) is 9.69 Å². The van der Waals surface area contributed by atoms with Crippen LogP contribution in [-0.4, -0.2) is 58.9 Å². The average molecular weight is 422 g/mol. The molecule has 1 fully saturated rings. The molecule has 0 saturated carbocycles. The summed E-state index contributed by atoms with van der Waals surface area (Å²) >= 11 is 1.58. The van der Waals surface area contributed by atoms with Crippen molar-refractivity contribution in [1.29, 1.82) is 0 Å². The lowest BCUT2D eigenvalue weighted by Gasteiger charge is -2.32. The summed E-state index contributed by atoms with van der Waals surface area (Å²) in [6.45, 7) is 7.39. The molecule has 1 amide bonds. The van der Waals surface area contributed by atoms with E-state index in [-0.39, 0.29) is 12.3 Å². The molecule has 3 heterocycles. The van der Waals surface area contributed by atoms with Gasteiger partial charge in [0.15, 0.2) is 0 Å². The van der Waals surface area contributed by atoms with Crippen molar-refractivity contribution in [2.45, 2.75) is 19.9 Å². The van der Waals surface area contributed by atoms with Crippen molar-refractivity contribution < 1.29 is 4.79 Å². The van der Waals surface area contributed by atoms with Crippen LogP contribution in [0.4, 0.5) is 5.82 Å². The van der Waals surface area contributed by atoms with Crippen LogP contribution < -0.4 is 5.32 Å². The van der Waals surface area contributed by atoms with E-state index in [4.69, 9.17) is 4.98 Å². The highest BCUT2D eigenvalue weighted by Crippen LogP contribution is 2.25. The van der Waals surface area contributed by atoms with Gasteiger partial charge >= 0.3 is 0 Å². The van der Waals surface area contributed by atoms with Gasteiger partial charge in [0, 0.05) is 49.9 Å². The van der Waals surface area contributed by atoms with Gasteiger partial charge in [0.25, 0.3) is 0 Å². The first-order chi connectivity index (χ1) is 14.5. The van der Waals surface area contributed by atoms with Crippen molar-refractivity contribution in [3.63, 3.8) is 0 Å². The smallest absolute Gasteiger partial charge is 0.231 e. The first-order valence-electron chi connectivity index (χ1n) is 10.2. The Morgan fingerprint density at radius 2 is 2.00 bits per heavy atom. The van der Waals surface area contributed by atoms with Crippen LogP contribution in [0.1, 0.15) is 16.8 Å². The van der Waals surface area contributed by atoms with Gasteiger partial charge in [0.1, 0.15) is 10.8 Å². The van der Waals surface area contributed by atoms with E-state index in [1.54, 1.807) is 17.5 Å². The number of amides is 1. The number of aromatic nitrogens is 2. The van der Waals surface area contributed by atoms with Gasteiger partial charge in [-0.15, -0.1) is 11.3 Å². The second kappa shape index (κ2) is 9.47. The monoisotopic (exact) mass is 421 g/mol. The molecule has 1 aliphatic rings. The molecule has 1 saturated heterocycles. The van der Waals surface area contributed by atoms with E-state index < -0.39 is 0 Å². The summed E-state index contributed by atoms with van der Waals surface area (Å²) in [5.41, 5.74) is 4.26. The quantitative estimate of drug-likeness (QED) is 0.661. The maximum Gasteiger partial charge on any atom is 0.231 e. The number of benzene rings is 1. The van der Waals surface area contributed by atoms with Crippen LogP contribution >= 0.6 is 11.3 Å². The van der Waals surface area contributed by atoms with Crippen molar-refractivity contribution in [3.05, 3.63) is 64.8 Å². The number of anilines is 1. The lowest BCUT2D eigenvalue weighted by molar-refractivity contribution is -0.115. The lowest BCUT2D eigenvalue weighted by atomic mass is 10.1. The number of nitrogens with zero attached hydrogens (tertiary/aromatic N) is 4. The molecule has 0 spiro atoms. The molecule has 6 nitrogen and oxygen atoms in total. The summed E-state index contributed by atoms with van der Waals surface area (Å²) in [5, 5.41) is 5.76. The van der Waals surface area contributed by atoms with Gasteiger partial charge < -0.3 is 10.2 Å². The van der Waals surface area contributed by atoms with Gasteiger partial charge in [-0.05, 0) is 43.3 Å². The number of piperazine rings is 1. The zero-order valence-electron chi connectivity index (χ0n) is 17.5. The van der Waals surface area contributed by atoms with Gasteiger partial charge in [0.05, 0.1) is 12.1 Å². The summed E-state index contributed by atoms with van der Waals surface area (Å²) in [6, 6.07) is 12.3. The Kier molecular flexibility index (Phi) is 6.52. The zero-order chi connectivity index (χ0) is 20.9. The Morgan fingerprint density at radius 1 is 1.17 bits per heavy atom. The zero-order valence-corrected chi connectivity index (χ0v) is 18.3. The fourth-order valence-corrected chi connectivity index (χ4v) is 4.36. The second-order valence-electron chi connectivity index (χ2n) is 7.87. The van der Waals surface area contributed by atoms with Crippen LogP contribution in [0.2, 0.25) is 0 Å². The largest absolute Gasteiger partial charge is 0.310 e. The Bertz CT molecular complexity index is 1010. The number of hydrogen-bond acceptors (Lipinski definition) is 6. The molecular formula is C23H27N5OS. The summed E-state index contributed by atoms with van der Waals surface area (Å²) in [6.07, 6.45) is 1.94. The fraction of sp³-hybridized carbons (Fsp3) is 0.348. The summed E-state index contributed by atoms with van der Waals surface area (Å²) in [5.74, 6) is 0.473. The maximum atomic E-state index is 12.3. The number of rotatable bonds is 6. The number of hydrogen-bond donors (Lipinski definition) is 1. The number of aryl methyl sites for hydroxylation is 1. The Morgan fingerprint density at radius 3 is 2.80 bits per heavy atom. The van der Waals surface area contributed by atoms with Crippen molar-refractivity contribution in [2.24, 2.45) is 0 Å². The molecular weight excluding hydrogens is 394 g/mol. The first-order valence-corrected chi connectivity index (χ1v) is 11.1. The topological polar surface area (TPSA) is 61.4 Å². The van der Waals surface area contributed by atoms with Crippen LogP contribution in [0.25, 0.3) is 10.6 Å². The second-order valence-corrected chi connectivity index (χ2v) is 8.73. The summed E-state index contributed by atoms with van der Waals surface area (Å²) < 4.78 is 0. The number of carbonyl (C=O) groups is 1. The van der Waals surface area contributed by atoms with E-state index in [0.29, 0.717) is 5.82 Å². The third-order valence-electron chi connectivity index (χ3n) is 5.25. The van der Waals surface area contributed by atoms with E-state index in [1.165, 1.54) is 5.56 Å². The molecule has 3 aromatic rings. The van der Waals surface area contributed by atoms with E-state index in [1.807, 2.05) is 24.4 Å². The van der Waals surface area contributed by atoms with Crippen LogP contribution in [0.15, 0.2) is 48.0 Å². The molecule has 2 aromatic heterocycles. The predicted molar refractivity (Wildman–Crippen MR) is 122 cm³/mol. The predicted octanol–water partition coefficient (Wildman–Crippen LogP) is 3.44. The highest BCUT2D eigenvalue weighted by molar-refractivity contribution is 7.13. The maximum absolute atomic E-state index is 12.3. The van der Waals surface area contributed by atoms with Crippen molar-refractivity contribution in [3.8, 4) is 10.6 Å². The molecule has 7 heteroatoms. The van der Waals surface area contributed by atoms with Crippen molar-refractivity contribution >= 4 is 23.1 Å². The Labute approximate surface area is 181 Å². The van der Waals surface area contributed by atoms with Crippen LogP contribution in [-0.2, 0) is 17.8 Å². The molecule has 0 atom stereocenters. The molecule has 0 unspecified atom stereocenters. The average Bonchev–Trinajstić information content (AvgIpc) is 3.18. The standard InChI is InChI=1S/C23H27N5OS/c1-17-6-7-24-21(12-17)26-22(29)14-20-16-30-23(25-20)19-5-3-4-18(13-19)15-28-10-8-27(2)9-11-28/h3-7,12-13,16H,8-11,14-15H2,1-2H3,(H,24,26,29). The minimum Gasteiger partial charge on any atom is -0.310 e. The van der Waals surface area contributed by atoms with Gasteiger partial charge in [0.2, 0.25) is 5.91 Å². The van der Waals surface area contributed by atoms with Crippen LogP contribution in [0, 0.1) is 6.92 Å². The third kappa shape index (κ3) is 5.50. The molecule has 0 bridgehead atoms. The Balaban J connectivity index is 1.38. The molecule has 1 aliphatic heterocycles. The van der Waals surface area contributed by atoms with E-state index in [9.17, 15) is 4.79 Å². The van der Waals surface area contributed by atoms with Crippen LogP contribution in [0.3, 0.4) is 0 Å². The van der Waals surface area contributed by atoms with E-state index in [0.717, 1.165) is 54.6 Å². The number of pyridine rings is 1. The number of likely N-dealkylation sites (N-methyl/N-ethyl adjacent to an activating group) is 1. The molecule has 4 rings (SSSR count). The van der Waals surface area contributed by atoms with Crippen molar-refractivity contribution in [2.75, 3.05) is 38.5 Å². The highest BCUT2D eigenvalue weighted by atomic mass is 32.1. The molecule has 0 aliphatic carbocycles. The minimum absolute atomic E-state index is 0.103. The van der Waals surface area contributed by atoms with E-state index >= 15 is 0 Å². The number of carbonyl (C=O) groups excluding carboxylic acids is 1.